The Bertz CT molecular complexity index is 496. The van der Waals surface area contributed by atoms with E-state index in [-0.39, 0.29) is 5.78 Å². The van der Waals surface area contributed by atoms with Gasteiger partial charge in [0, 0.05) is 16.0 Å². The van der Waals surface area contributed by atoms with Crippen LogP contribution in [0.25, 0.3) is 0 Å². The number of benzene rings is 2. The summed E-state index contributed by atoms with van der Waals surface area (Å²) in [4.78, 5) is 13.0. The minimum absolute atomic E-state index is 0.00847. The van der Waals surface area contributed by atoms with Gasteiger partial charge in [-0.05, 0) is 24.1 Å². The fraction of sp³-hybridized carbons (Fsp3) is 0. The molecule has 0 spiro atoms. The maximum atomic E-state index is 12.2. The first-order chi connectivity index (χ1) is 7.83. The Kier molecular flexibility index (Phi) is 3.39. The summed E-state index contributed by atoms with van der Waals surface area (Å²) in [7, 11) is 0. The Morgan fingerprint density at radius 3 is 2.25 bits per heavy atom. The molecule has 0 saturated heterocycles. The van der Waals surface area contributed by atoms with Gasteiger partial charge in [-0.1, -0.05) is 42.5 Å². The Hall–Kier alpha value is -1.58. The molecule has 0 aliphatic carbocycles. The van der Waals surface area contributed by atoms with Crippen LogP contribution in [0.3, 0.4) is 0 Å². The average Bonchev–Trinajstić information content (AvgIpc) is 2.39. The zero-order valence-corrected chi connectivity index (χ0v) is 9.41. The third-order valence-corrected chi connectivity index (χ3v) is 2.90. The standard InChI is InChI=1S/C13H11NOS/c14-16-12-9-5-4-8-11(12)13(15)10-6-2-1-3-7-10/h1-9H,14H2. The van der Waals surface area contributed by atoms with Crippen LogP contribution in [0.5, 0.6) is 0 Å². The number of carbonyl (C=O) groups excluding carboxylic acids is 1. The molecule has 0 unspecified atom stereocenters. The fourth-order valence-electron chi connectivity index (χ4n) is 1.50. The summed E-state index contributed by atoms with van der Waals surface area (Å²) in [5.41, 5.74) is 1.34. The van der Waals surface area contributed by atoms with Crippen LogP contribution >= 0.6 is 11.9 Å². The molecule has 2 N–H and O–H groups in total. The lowest BCUT2D eigenvalue weighted by atomic mass is 10.0. The van der Waals surface area contributed by atoms with E-state index < -0.39 is 0 Å². The van der Waals surface area contributed by atoms with Gasteiger partial charge in [-0.2, -0.15) is 0 Å². The van der Waals surface area contributed by atoms with Crippen molar-refractivity contribution in [3.05, 3.63) is 65.7 Å². The Morgan fingerprint density at radius 1 is 0.938 bits per heavy atom. The highest BCUT2D eigenvalue weighted by Gasteiger charge is 2.11. The van der Waals surface area contributed by atoms with E-state index >= 15 is 0 Å². The second-order valence-corrected chi connectivity index (χ2v) is 3.98. The molecular weight excluding hydrogens is 218 g/mol. The van der Waals surface area contributed by atoms with E-state index in [0.29, 0.717) is 11.1 Å². The lowest BCUT2D eigenvalue weighted by Crippen LogP contribution is -2.03. The van der Waals surface area contributed by atoms with Crippen LogP contribution in [0.2, 0.25) is 0 Å². The first kappa shape index (κ1) is 10.9. The van der Waals surface area contributed by atoms with Crippen LogP contribution in [-0.2, 0) is 0 Å². The second kappa shape index (κ2) is 4.96. The van der Waals surface area contributed by atoms with Crippen LogP contribution in [0.1, 0.15) is 15.9 Å². The maximum absolute atomic E-state index is 12.2. The van der Waals surface area contributed by atoms with Gasteiger partial charge in [0.15, 0.2) is 5.78 Å². The molecule has 2 nitrogen and oxygen atoms in total. The van der Waals surface area contributed by atoms with Gasteiger partial charge in [-0.15, -0.1) is 0 Å². The molecule has 0 bridgehead atoms. The summed E-state index contributed by atoms with van der Waals surface area (Å²) in [6.07, 6.45) is 0. The molecule has 2 aromatic carbocycles. The Morgan fingerprint density at radius 2 is 1.56 bits per heavy atom. The first-order valence-corrected chi connectivity index (χ1v) is 5.76. The van der Waals surface area contributed by atoms with Gasteiger partial charge in [-0.3, -0.25) is 9.93 Å². The van der Waals surface area contributed by atoms with Crippen molar-refractivity contribution in [1.82, 2.24) is 0 Å². The summed E-state index contributed by atoms with van der Waals surface area (Å²) in [6, 6.07) is 16.6. The molecule has 2 aromatic rings. The van der Waals surface area contributed by atoms with Crippen molar-refractivity contribution in [2.75, 3.05) is 0 Å². The molecule has 0 amide bonds. The van der Waals surface area contributed by atoms with E-state index in [2.05, 4.69) is 0 Å². The van der Waals surface area contributed by atoms with Crippen molar-refractivity contribution < 1.29 is 4.79 Å². The van der Waals surface area contributed by atoms with Gasteiger partial charge >= 0.3 is 0 Å². The first-order valence-electron chi connectivity index (χ1n) is 4.88. The van der Waals surface area contributed by atoms with Crippen molar-refractivity contribution in [3.8, 4) is 0 Å². The van der Waals surface area contributed by atoms with Crippen LogP contribution < -0.4 is 5.14 Å². The van der Waals surface area contributed by atoms with E-state index in [1.165, 1.54) is 0 Å². The predicted molar refractivity (Wildman–Crippen MR) is 66.4 cm³/mol. The predicted octanol–water partition coefficient (Wildman–Crippen LogP) is 2.88. The van der Waals surface area contributed by atoms with E-state index in [0.717, 1.165) is 16.8 Å². The second-order valence-electron chi connectivity index (χ2n) is 3.31. The summed E-state index contributed by atoms with van der Waals surface area (Å²) in [5.74, 6) is 0.00847. The van der Waals surface area contributed by atoms with E-state index in [1.54, 1.807) is 18.2 Å². The SMILES string of the molecule is NSc1ccccc1C(=O)c1ccccc1. The highest BCUT2D eigenvalue weighted by molar-refractivity contribution is 7.97. The zero-order valence-electron chi connectivity index (χ0n) is 8.59. The Labute approximate surface area is 98.6 Å². The number of hydrogen-bond acceptors (Lipinski definition) is 3. The van der Waals surface area contributed by atoms with Crippen molar-refractivity contribution in [2.45, 2.75) is 4.90 Å². The van der Waals surface area contributed by atoms with Crippen LogP contribution in [-0.4, -0.2) is 5.78 Å². The molecule has 0 aromatic heterocycles. The van der Waals surface area contributed by atoms with Gasteiger partial charge in [0.1, 0.15) is 0 Å². The largest absolute Gasteiger partial charge is 0.289 e. The lowest BCUT2D eigenvalue weighted by Gasteiger charge is -2.05. The highest BCUT2D eigenvalue weighted by Crippen LogP contribution is 2.20. The summed E-state index contributed by atoms with van der Waals surface area (Å²) >= 11 is 1.10. The third kappa shape index (κ3) is 2.15. The summed E-state index contributed by atoms with van der Waals surface area (Å²) in [5, 5.41) is 5.53. The molecule has 0 saturated carbocycles. The molecule has 0 aliphatic heterocycles. The molecule has 0 fully saturated rings. The van der Waals surface area contributed by atoms with E-state index in [1.807, 2.05) is 36.4 Å². The molecule has 0 atom stereocenters. The summed E-state index contributed by atoms with van der Waals surface area (Å²) in [6.45, 7) is 0. The van der Waals surface area contributed by atoms with Gasteiger partial charge < -0.3 is 0 Å². The lowest BCUT2D eigenvalue weighted by molar-refractivity contribution is 0.103. The van der Waals surface area contributed by atoms with Crippen molar-refractivity contribution in [2.24, 2.45) is 5.14 Å². The fourth-order valence-corrected chi connectivity index (χ4v) is 1.95. The van der Waals surface area contributed by atoms with Crippen molar-refractivity contribution >= 4 is 17.7 Å². The van der Waals surface area contributed by atoms with Gasteiger partial charge in [0.2, 0.25) is 0 Å². The van der Waals surface area contributed by atoms with Crippen LogP contribution in [0.4, 0.5) is 0 Å². The molecule has 0 aliphatic rings. The number of rotatable bonds is 3. The third-order valence-electron chi connectivity index (χ3n) is 2.29. The highest BCUT2D eigenvalue weighted by atomic mass is 32.2. The molecule has 3 heteroatoms. The minimum Gasteiger partial charge on any atom is -0.289 e. The Balaban J connectivity index is 2.42. The summed E-state index contributed by atoms with van der Waals surface area (Å²) < 4.78 is 0. The van der Waals surface area contributed by atoms with Crippen molar-refractivity contribution in [1.29, 1.82) is 0 Å². The molecule has 2 rings (SSSR count). The zero-order chi connectivity index (χ0) is 11.4. The average molecular weight is 229 g/mol. The maximum Gasteiger partial charge on any atom is 0.194 e. The molecule has 80 valence electrons. The number of carbonyl (C=O) groups is 1. The van der Waals surface area contributed by atoms with Crippen molar-refractivity contribution in [3.63, 3.8) is 0 Å². The monoisotopic (exact) mass is 229 g/mol. The van der Waals surface area contributed by atoms with Gasteiger partial charge in [-0.25, -0.2) is 0 Å². The molecular formula is C13H11NOS. The van der Waals surface area contributed by atoms with Crippen LogP contribution in [0.15, 0.2) is 59.5 Å². The number of ketones is 1. The molecule has 0 radical (unpaired) electrons. The number of nitrogens with two attached hydrogens (primary N) is 1. The minimum atomic E-state index is 0.00847. The van der Waals surface area contributed by atoms with Crippen LogP contribution in [0, 0.1) is 0 Å². The topological polar surface area (TPSA) is 43.1 Å². The van der Waals surface area contributed by atoms with Gasteiger partial charge in [0.05, 0.1) is 0 Å². The quantitative estimate of drug-likeness (QED) is 0.650. The van der Waals surface area contributed by atoms with E-state index in [9.17, 15) is 4.79 Å². The smallest absolute Gasteiger partial charge is 0.194 e. The molecule has 16 heavy (non-hydrogen) atoms. The normalized spacial score (nSPS) is 10.1. The molecule has 0 heterocycles. The number of hydrogen-bond donors (Lipinski definition) is 1. The van der Waals surface area contributed by atoms with Gasteiger partial charge in [0.25, 0.3) is 0 Å². The van der Waals surface area contributed by atoms with E-state index in [4.69, 9.17) is 5.14 Å².